The molecule has 0 bridgehead atoms. The standard InChI is InChI=1S/C10H11N5O/c11-7-10(16)14-8-1-3-9(4-2-8)15-12-5-6-13-15/h1-6H,7,11H2,(H,14,16). The van der Waals surface area contributed by atoms with Gasteiger partial charge in [-0.25, -0.2) is 0 Å². The van der Waals surface area contributed by atoms with Gasteiger partial charge in [0.1, 0.15) is 0 Å². The Morgan fingerprint density at radius 3 is 2.44 bits per heavy atom. The third-order valence-electron chi connectivity index (χ3n) is 1.99. The molecule has 2 aromatic rings. The van der Waals surface area contributed by atoms with Crippen molar-refractivity contribution in [3.8, 4) is 5.69 Å². The van der Waals surface area contributed by atoms with E-state index < -0.39 is 0 Å². The van der Waals surface area contributed by atoms with E-state index in [-0.39, 0.29) is 12.5 Å². The van der Waals surface area contributed by atoms with Gasteiger partial charge in [0.05, 0.1) is 24.6 Å². The summed E-state index contributed by atoms with van der Waals surface area (Å²) in [7, 11) is 0. The molecule has 1 aromatic carbocycles. The largest absolute Gasteiger partial charge is 0.325 e. The van der Waals surface area contributed by atoms with Crippen molar-refractivity contribution < 1.29 is 4.79 Å². The van der Waals surface area contributed by atoms with Crippen LogP contribution in [0.2, 0.25) is 0 Å². The predicted molar refractivity (Wildman–Crippen MR) is 59.0 cm³/mol. The molecular formula is C10H11N5O. The Balaban J connectivity index is 2.14. The molecule has 0 aliphatic carbocycles. The SMILES string of the molecule is NCC(=O)Nc1ccc(-n2nccn2)cc1. The molecule has 0 aliphatic heterocycles. The molecule has 0 radical (unpaired) electrons. The number of carbonyl (C=O) groups excluding carboxylic acids is 1. The van der Waals surface area contributed by atoms with Crippen molar-refractivity contribution in [1.29, 1.82) is 0 Å². The van der Waals surface area contributed by atoms with Crippen LogP contribution in [0.3, 0.4) is 0 Å². The Kier molecular flexibility index (Phi) is 2.93. The predicted octanol–water partition coefficient (Wildman–Crippen LogP) is 0.164. The third-order valence-corrected chi connectivity index (χ3v) is 1.99. The lowest BCUT2D eigenvalue weighted by atomic mass is 10.3. The van der Waals surface area contributed by atoms with Gasteiger partial charge >= 0.3 is 0 Å². The molecule has 82 valence electrons. The minimum absolute atomic E-state index is 0.0253. The minimum atomic E-state index is -0.218. The van der Waals surface area contributed by atoms with Crippen LogP contribution in [-0.4, -0.2) is 27.4 Å². The average molecular weight is 217 g/mol. The van der Waals surface area contributed by atoms with Gasteiger partial charge < -0.3 is 11.1 Å². The molecule has 1 aromatic heterocycles. The van der Waals surface area contributed by atoms with Gasteiger partial charge in [0, 0.05) is 5.69 Å². The summed E-state index contributed by atoms with van der Waals surface area (Å²) < 4.78 is 0. The molecule has 0 atom stereocenters. The fourth-order valence-electron chi connectivity index (χ4n) is 1.24. The van der Waals surface area contributed by atoms with E-state index in [1.807, 2.05) is 12.1 Å². The summed E-state index contributed by atoms with van der Waals surface area (Å²) in [5.74, 6) is -0.218. The second-order valence-corrected chi connectivity index (χ2v) is 3.12. The lowest BCUT2D eigenvalue weighted by molar-refractivity contribution is -0.114. The molecule has 0 fully saturated rings. The monoisotopic (exact) mass is 217 g/mol. The van der Waals surface area contributed by atoms with E-state index in [2.05, 4.69) is 15.5 Å². The second-order valence-electron chi connectivity index (χ2n) is 3.12. The molecule has 1 heterocycles. The summed E-state index contributed by atoms with van der Waals surface area (Å²) in [5, 5.41) is 10.6. The second kappa shape index (κ2) is 4.54. The van der Waals surface area contributed by atoms with Crippen LogP contribution >= 0.6 is 0 Å². The molecule has 0 saturated heterocycles. The molecule has 0 saturated carbocycles. The topological polar surface area (TPSA) is 85.8 Å². The molecule has 2 rings (SSSR count). The number of carbonyl (C=O) groups is 1. The van der Waals surface area contributed by atoms with Crippen molar-refractivity contribution >= 4 is 11.6 Å². The third kappa shape index (κ3) is 2.23. The Labute approximate surface area is 92.1 Å². The number of amides is 1. The molecular weight excluding hydrogens is 206 g/mol. The number of hydrogen-bond acceptors (Lipinski definition) is 4. The van der Waals surface area contributed by atoms with Gasteiger partial charge in [-0.15, -0.1) is 0 Å². The van der Waals surface area contributed by atoms with E-state index in [0.29, 0.717) is 5.69 Å². The number of hydrogen-bond donors (Lipinski definition) is 2. The van der Waals surface area contributed by atoms with E-state index >= 15 is 0 Å². The quantitative estimate of drug-likeness (QED) is 0.767. The number of anilines is 1. The summed E-state index contributed by atoms with van der Waals surface area (Å²) in [5.41, 5.74) is 6.72. The number of nitrogens with one attached hydrogen (secondary N) is 1. The summed E-state index contributed by atoms with van der Waals surface area (Å²) in [4.78, 5) is 12.5. The van der Waals surface area contributed by atoms with E-state index in [1.54, 1.807) is 24.5 Å². The normalized spacial score (nSPS) is 10.1. The van der Waals surface area contributed by atoms with Gasteiger partial charge in [-0.3, -0.25) is 4.79 Å². The number of nitrogens with two attached hydrogens (primary N) is 1. The highest BCUT2D eigenvalue weighted by Gasteiger charge is 2.00. The molecule has 0 spiro atoms. The van der Waals surface area contributed by atoms with Crippen LogP contribution in [0.25, 0.3) is 5.69 Å². The van der Waals surface area contributed by atoms with Crippen molar-refractivity contribution in [2.24, 2.45) is 5.73 Å². The first-order valence-electron chi connectivity index (χ1n) is 4.76. The van der Waals surface area contributed by atoms with Gasteiger partial charge in [-0.1, -0.05) is 0 Å². The maximum absolute atomic E-state index is 11.0. The van der Waals surface area contributed by atoms with Crippen LogP contribution in [-0.2, 0) is 4.79 Å². The van der Waals surface area contributed by atoms with E-state index in [4.69, 9.17) is 5.73 Å². The van der Waals surface area contributed by atoms with Gasteiger partial charge in [-0.2, -0.15) is 15.0 Å². The smallest absolute Gasteiger partial charge is 0.238 e. The number of nitrogens with zero attached hydrogens (tertiary/aromatic N) is 3. The first-order valence-corrected chi connectivity index (χ1v) is 4.76. The van der Waals surface area contributed by atoms with Crippen molar-refractivity contribution in [2.45, 2.75) is 0 Å². The zero-order valence-corrected chi connectivity index (χ0v) is 8.50. The van der Waals surface area contributed by atoms with E-state index in [9.17, 15) is 4.79 Å². The van der Waals surface area contributed by atoms with Gasteiger partial charge in [0.2, 0.25) is 5.91 Å². The first-order chi connectivity index (χ1) is 7.79. The summed E-state index contributed by atoms with van der Waals surface area (Å²) in [6.07, 6.45) is 3.20. The molecule has 16 heavy (non-hydrogen) atoms. The fraction of sp³-hybridized carbons (Fsp3) is 0.100. The van der Waals surface area contributed by atoms with Crippen molar-refractivity contribution in [3.63, 3.8) is 0 Å². The zero-order chi connectivity index (χ0) is 11.4. The van der Waals surface area contributed by atoms with Crippen molar-refractivity contribution in [1.82, 2.24) is 15.0 Å². The maximum Gasteiger partial charge on any atom is 0.238 e. The molecule has 0 unspecified atom stereocenters. The van der Waals surface area contributed by atoms with Crippen LogP contribution in [0.15, 0.2) is 36.7 Å². The zero-order valence-electron chi connectivity index (χ0n) is 8.50. The lowest BCUT2D eigenvalue weighted by Crippen LogP contribution is -2.21. The van der Waals surface area contributed by atoms with Crippen molar-refractivity contribution in [3.05, 3.63) is 36.7 Å². The molecule has 0 aliphatic rings. The molecule has 1 amide bonds. The van der Waals surface area contributed by atoms with Crippen LogP contribution in [0.5, 0.6) is 0 Å². The number of aromatic nitrogens is 3. The summed E-state index contributed by atoms with van der Waals surface area (Å²) in [6.45, 7) is -0.0253. The van der Waals surface area contributed by atoms with Crippen molar-refractivity contribution in [2.75, 3.05) is 11.9 Å². The van der Waals surface area contributed by atoms with E-state index in [0.717, 1.165) is 5.69 Å². The van der Waals surface area contributed by atoms with Crippen LogP contribution in [0.1, 0.15) is 0 Å². The van der Waals surface area contributed by atoms with Crippen LogP contribution < -0.4 is 11.1 Å². The lowest BCUT2D eigenvalue weighted by Gasteiger charge is -2.04. The Morgan fingerprint density at radius 2 is 1.88 bits per heavy atom. The Hall–Kier alpha value is -2.21. The molecule has 6 heteroatoms. The average Bonchev–Trinajstić information content (AvgIpc) is 2.83. The number of rotatable bonds is 3. The highest BCUT2D eigenvalue weighted by molar-refractivity contribution is 5.92. The Bertz CT molecular complexity index is 462. The number of benzene rings is 1. The van der Waals surface area contributed by atoms with Gasteiger partial charge in [0.15, 0.2) is 0 Å². The van der Waals surface area contributed by atoms with Crippen LogP contribution in [0, 0.1) is 0 Å². The summed E-state index contributed by atoms with van der Waals surface area (Å²) >= 11 is 0. The van der Waals surface area contributed by atoms with Crippen LogP contribution in [0.4, 0.5) is 5.69 Å². The molecule has 6 nitrogen and oxygen atoms in total. The maximum atomic E-state index is 11.0. The highest BCUT2D eigenvalue weighted by Crippen LogP contribution is 2.11. The fourth-order valence-corrected chi connectivity index (χ4v) is 1.24. The first kappa shape index (κ1) is 10.3. The molecule has 3 N–H and O–H groups in total. The highest BCUT2D eigenvalue weighted by atomic mass is 16.1. The van der Waals surface area contributed by atoms with Gasteiger partial charge in [-0.05, 0) is 24.3 Å². The minimum Gasteiger partial charge on any atom is -0.325 e. The Morgan fingerprint density at radius 1 is 1.25 bits per heavy atom. The van der Waals surface area contributed by atoms with Gasteiger partial charge in [0.25, 0.3) is 0 Å². The van der Waals surface area contributed by atoms with E-state index in [1.165, 1.54) is 4.80 Å². The summed E-state index contributed by atoms with van der Waals surface area (Å²) in [6, 6.07) is 7.16.